The first kappa shape index (κ1) is 29.1. The minimum absolute atomic E-state index is 0.0251. The second kappa shape index (κ2) is 13.8. The minimum Gasteiger partial charge on any atom is -0.492 e. The van der Waals surface area contributed by atoms with Crippen molar-refractivity contribution in [3.63, 3.8) is 0 Å². The number of hydrogen-bond acceptors (Lipinski definition) is 5. The van der Waals surface area contributed by atoms with Gasteiger partial charge in [-0.2, -0.15) is 0 Å². The van der Waals surface area contributed by atoms with Gasteiger partial charge in [-0.3, -0.25) is 13.9 Å². The van der Waals surface area contributed by atoms with E-state index < -0.39 is 21.9 Å². The van der Waals surface area contributed by atoms with E-state index in [1.165, 1.54) is 15.3 Å². The van der Waals surface area contributed by atoms with Gasteiger partial charge in [0.1, 0.15) is 17.6 Å². The molecular weight excluding hydrogens is 485 g/mol. The maximum Gasteiger partial charge on any atom is 0.242 e. The third-order valence-corrected chi connectivity index (χ3v) is 6.78. The van der Waals surface area contributed by atoms with Crippen LogP contribution in [-0.4, -0.2) is 57.1 Å². The van der Waals surface area contributed by atoms with E-state index in [0.29, 0.717) is 30.2 Å². The van der Waals surface area contributed by atoms with Crippen LogP contribution in [0.5, 0.6) is 5.75 Å². The number of rotatable bonds is 14. The number of nitrogens with zero attached hydrogens (tertiary/aromatic N) is 2. The monoisotopic (exact) mass is 521 g/mol. The van der Waals surface area contributed by atoms with Crippen molar-refractivity contribution in [2.24, 2.45) is 0 Å². The first-order valence-electron chi connectivity index (χ1n) is 12.1. The van der Waals surface area contributed by atoms with Gasteiger partial charge in [0, 0.05) is 31.6 Å². The molecule has 198 valence electrons. The number of ether oxygens (including phenoxy) is 1. The van der Waals surface area contributed by atoms with E-state index >= 15 is 0 Å². The van der Waals surface area contributed by atoms with Crippen LogP contribution >= 0.6 is 0 Å². The Morgan fingerprint density at radius 1 is 1.08 bits per heavy atom. The van der Waals surface area contributed by atoms with Crippen molar-refractivity contribution in [2.75, 3.05) is 30.3 Å². The predicted molar refractivity (Wildman–Crippen MR) is 139 cm³/mol. The van der Waals surface area contributed by atoms with Gasteiger partial charge in [-0.25, -0.2) is 12.8 Å². The Balaban J connectivity index is 2.20. The van der Waals surface area contributed by atoms with Crippen molar-refractivity contribution in [1.82, 2.24) is 10.2 Å². The SMILES string of the molecule is CCCNC(=O)C(C)N(Cc1ccccc1F)C(=O)CCCN(c1ccccc1OCC)S(C)(=O)=O. The zero-order valence-corrected chi connectivity index (χ0v) is 22.2. The molecule has 2 aromatic rings. The number of amides is 2. The van der Waals surface area contributed by atoms with Crippen LogP contribution in [-0.2, 0) is 26.2 Å². The highest BCUT2D eigenvalue weighted by Gasteiger charge is 2.27. The van der Waals surface area contributed by atoms with E-state index in [9.17, 15) is 22.4 Å². The van der Waals surface area contributed by atoms with Crippen LogP contribution in [0.4, 0.5) is 10.1 Å². The molecular formula is C26H36FN3O5S. The first-order chi connectivity index (χ1) is 17.1. The summed E-state index contributed by atoms with van der Waals surface area (Å²) in [6.07, 6.45) is 2.01. The maximum atomic E-state index is 14.3. The lowest BCUT2D eigenvalue weighted by molar-refractivity contribution is -0.140. The molecule has 0 aliphatic carbocycles. The summed E-state index contributed by atoms with van der Waals surface area (Å²) in [5, 5.41) is 2.77. The molecule has 0 saturated heterocycles. The molecule has 0 fully saturated rings. The van der Waals surface area contributed by atoms with Crippen LogP contribution in [0.15, 0.2) is 48.5 Å². The molecule has 0 radical (unpaired) electrons. The fraction of sp³-hybridized carbons (Fsp3) is 0.462. The highest BCUT2D eigenvalue weighted by atomic mass is 32.2. The fourth-order valence-electron chi connectivity index (χ4n) is 3.71. The molecule has 2 rings (SSSR count). The molecule has 0 saturated carbocycles. The number of hydrogen-bond donors (Lipinski definition) is 1. The lowest BCUT2D eigenvalue weighted by Crippen LogP contribution is -2.48. The number of nitrogens with one attached hydrogen (secondary N) is 1. The Hall–Kier alpha value is -3.14. The van der Waals surface area contributed by atoms with Gasteiger partial charge in [0.2, 0.25) is 21.8 Å². The smallest absolute Gasteiger partial charge is 0.242 e. The summed E-state index contributed by atoms with van der Waals surface area (Å²) in [6, 6.07) is 12.1. The number of carbonyl (C=O) groups excluding carboxylic acids is 2. The Morgan fingerprint density at radius 2 is 1.75 bits per heavy atom. The van der Waals surface area contributed by atoms with E-state index in [0.717, 1.165) is 12.7 Å². The molecule has 2 amide bonds. The van der Waals surface area contributed by atoms with Crippen molar-refractivity contribution in [2.45, 2.75) is 52.6 Å². The third-order valence-electron chi connectivity index (χ3n) is 5.60. The zero-order chi connectivity index (χ0) is 26.7. The summed E-state index contributed by atoms with van der Waals surface area (Å²) >= 11 is 0. The first-order valence-corrected chi connectivity index (χ1v) is 13.9. The Labute approximate surface area is 213 Å². The van der Waals surface area contributed by atoms with Gasteiger partial charge in [-0.1, -0.05) is 37.3 Å². The number of halogens is 1. The predicted octanol–water partition coefficient (Wildman–Crippen LogP) is 3.71. The molecule has 0 aliphatic heterocycles. The lowest BCUT2D eigenvalue weighted by Gasteiger charge is -2.29. The second-order valence-electron chi connectivity index (χ2n) is 8.42. The quantitative estimate of drug-likeness (QED) is 0.409. The molecule has 1 N–H and O–H groups in total. The average molecular weight is 522 g/mol. The van der Waals surface area contributed by atoms with Crippen LogP contribution in [0, 0.1) is 5.82 Å². The van der Waals surface area contributed by atoms with E-state index in [1.54, 1.807) is 49.4 Å². The maximum absolute atomic E-state index is 14.3. The van der Waals surface area contributed by atoms with Gasteiger partial charge in [-0.05, 0) is 44.9 Å². The van der Waals surface area contributed by atoms with Gasteiger partial charge in [-0.15, -0.1) is 0 Å². The molecule has 0 spiro atoms. The molecule has 0 heterocycles. The summed E-state index contributed by atoms with van der Waals surface area (Å²) in [5.74, 6) is -0.736. The van der Waals surface area contributed by atoms with Gasteiger partial charge in [0.15, 0.2) is 0 Å². The van der Waals surface area contributed by atoms with Crippen molar-refractivity contribution < 1.29 is 27.1 Å². The summed E-state index contributed by atoms with van der Waals surface area (Å²) in [7, 11) is -3.66. The molecule has 10 heteroatoms. The molecule has 0 aliphatic rings. The van der Waals surface area contributed by atoms with E-state index in [2.05, 4.69) is 5.32 Å². The van der Waals surface area contributed by atoms with Crippen LogP contribution in [0.25, 0.3) is 0 Å². The van der Waals surface area contributed by atoms with E-state index in [1.807, 2.05) is 13.8 Å². The number of para-hydroxylation sites is 2. The third kappa shape index (κ3) is 8.22. The van der Waals surface area contributed by atoms with Crippen molar-refractivity contribution >= 4 is 27.5 Å². The highest BCUT2D eigenvalue weighted by molar-refractivity contribution is 7.92. The second-order valence-corrected chi connectivity index (χ2v) is 10.3. The van der Waals surface area contributed by atoms with Crippen molar-refractivity contribution in [3.05, 3.63) is 59.9 Å². The van der Waals surface area contributed by atoms with Gasteiger partial charge >= 0.3 is 0 Å². The van der Waals surface area contributed by atoms with E-state index in [4.69, 9.17) is 4.74 Å². The van der Waals surface area contributed by atoms with Gasteiger partial charge < -0.3 is 15.0 Å². The zero-order valence-electron chi connectivity index (χ0n) is 21.4. The number of carbonyl (C=O) groups is 2. The van der Waals surface area contributed by atoms with Crippen molar-refractivity contribution in [3.8, 4) is 5.75 Å². The van der Waals surface area contributed by atoms with E-state index in [-0.39, 0.29) is 37.7 Å². The molecule has 0 aromatic heterocycles. The Bertz CT molecular complexity index is 1130. The molecule has 36 heavy (non-hydrogen) atoms. The van der Waals surface area contributed by atoms with Crippen LogP contribution < -0.4 is 14.4 Å². The molecule has 1 atom stereocenters. The molecule has 2 aromatic carbocycles. The number of anilines is 1. The van der Waals surface area contributed by atoms with Crippen molar-refractivity contribution in [1.29, 1.82) is 0 Å². The average Bonchev–Trinajstić information content (AvgIpc) is 2.84. The lowest BCUT2D eigenvalue weighted by atomic mass is 10.1. The molecule has 8 nitrogen and oxygen atoms in total. The summed E-state index contributed by atoms with van der Waals surface area (Å²) in [5.41, 5.74) is 0.689. The topological polar surface area (TPSA) is 96.0 Å². The summed E-state index contributed by atoms with van der Waals surface area (Å²) in [6.45, 7) is 6.13. The Kier molecular flexibility index (Phi) is 11.2. The number of benzene rings is 2. The normalized spacial score (nSPS) is 12.0. The minimum atomic E-state index is -3.66. The van der Waals surface area contributed by atoms with Crippen LogP contribution in [0.2, 0.25) is 0 Å². The standard InChI is InChI=1S/C26H36FN3O5S/c1-5-17-28-26(32)20(3)29(19-21-12-7-8-13-22(21)27)25(31)16-11-18-30(36(4,33)34)23-14-9-10-15-24(23)35-6-2/h7-10,12-15,20H,5-6,11,16-19H2,1-4H3,(H,28,32). The van der Waals surface area contributed by atoms with Crippen LogP contribution in [0.1, 0.15) is 45.6 Å². The largest absolute Gasteiger partial charge is 0.492 e. The highest BCUT2D eigenvalue weighted by Crippen LogP contribution is 2.30. The van der Waals surface area contributed by atoms with Gasteiger partial charge in [0.05, 0.1) is 18.6 Å². The fourth-order valence-corrected chi connectivity index (χ4v) is 4.68. The van der Waals surface area contributed by atoms with Crippen LogP contribution in [0.3, 0.4) is 0 Å². The summed E-state index contributed by atoms with van der Waals surface area (Å²) < 4.78 is 46.2. The number of sulfonamides is 1. The molecule has 1 unspecified atom stereocenters. The molecule has 0 bridgehead atoms. The van der Waals surface area contributed by atoms with Gasteiger partial charge in [0.25, 0.3) is 0 Å². The Morgan fingerprint density at radius 3 is 2.39 bits per heavy atom. The summed E-state index contributed by atoms with van der Waals surface area (Å²) in [4.78, 5) is 27.2.